The number of aromatic nitrogens is 1. The Bertz CT molecular complexity index is 321. The molecule has 96 valence electrons. The van der Waals surface area contributed by atoms with Crippen molar-refractivity contribution in [1.82, 2.24) is 4.98 Å². The van der Waals surface area contributed by atoms with Gasteiger partial charge in [0, 0.05) is 31.5 Å². The fraction of sp³-hybridized carbons (Fsp3) is 0.643. The predicted octanol–water partition coefficient (Wildman–Crippen LogP) is 2.18. The molecule has 0 saturated heterocycles. The third-order valence-electron chi connectivity index (χ3n) is 3.09. The van der Waals surface area contributed by atoms with Crippen molar-refractivity contribution in [3.05, 3.63) is 29.6 Å². The third-order valence-corrected chi connectivity index (χ3v) is 3.09. The molecule has 0 bridgehead atoms. The average molecular weight is 236 g/mol. The van der Waals surface area contributed by atoms with Gasteiger partial charge in [-0.3, -0.25) is 4.98 Å². The highest BCUT2D eigenvalue weighted by molar-refractivity contribution is 5.14. The molecule has 0 radical (unpaired) electrons. The van der Waals surface area contributed by atoms with Crippen LogP contribution in [0.2, 0.25) is 0 Å². The van der Waals surface area contributed by atoms with Crippen molar-refractivity contribution < 1.29 is 4.74 Å². The van der Waals surface area contributed by atoms with Gasteiger partial charge in [0.15, 0.2) is 0 Å². The van der Waals surface area contributed by atoms with Crippen LogP contribution in [0.15, 0.2) is 18.3 Å². The second-order valence-electron chi connectivity index (χ2n) is 4.82. The van der Waals surface area contributed by atoms with Crippen LogP contribution in [0.4, 0.5) is 0 Å². The smallest absolute Gasteiger partial charge is 0.0748 e. The molecule has 1 aromatic heterocycles. The maximum atomic E-state index is 6.17. The van der Waals surface area contributed by atoms with Crippen molar-refractivity contribution in [2.45, 2.75) is 45.8 Å². The Morgan fingerprint density at radius 2 is 2.06 bits per heavy atom. The van der Waals surface area contributed by atoms with Crippen LogP contribution in [0, 0.1) is 5.92 Å². The van der Waals surface area contributed by atoms with Gasteiger partial charge in [-0.15, -0.1) is 0 Å². The Hall–Kier alpha value is -0.930. The van der Waals surface area contributed by atoms with Gasteiger partial charge in [0.05, 0.1) is 6.10 Å². The molecule has 1 rings (SSSR count). The first kappa shape index (κ1) is 14.1. The van der Waals surface area contributed by atoms with Gasteiger partial charge in [0.1, 0.15) is 0 Å². The Balaban J connectivity index is 2.63. The van der Waals surface area contributed by atoms with Gasteiger partial charge in [-0.25, -0.2) is 0 Å². The number of pyridine rings is 1. The summed E-state index contributed by atoms with van der Waals surface area (Å²) in [5.41, 5.74) is 8.47. The molecule has 0 aliphatic carbocycles. The summed E-state index contributed by atoms with van der Waals surface area (Å²) in [6.07, 6.45) is 3.80. The van der Waals surface area contributed by atoms with Crippen molar-refractivity contribution in [3.63, 3.8) is 0 Å². The van der Waals surface area contributed by atoms with Gasteiger partial charge in [0.25, 0.3) is 0 Å². The van der Waals surface area contributed by atoms with E-state index in [4.69, 9.17) is 10.5 Å². The topological polar surface area (TPSA) is 48.1 Å². The summed E-state index contributed by atoms with van der Waals surface area (Å²) in [5, 5.41) is 0. The number of nitrogens with zero attached hydrogens (tertiary/aromatic N) is 1. The second kappa shape index (κ2) is 6.72. The number of methoxy groups -OCH3 is 1. The lowest BCUT2D eigenvalue weighted by molar-refractivity contribution is 0.0439. The number of nitrogens with two attached hydrogens (primary N) is 1. The van der Waals surface area contributed by atoms with Gasteiger partial charge in [-0.2, -0.15) is 0 Å². The first-order chi connectivity index (χ1) is 8.08. The molecule has 3 heteroatoms. The van der Waals surface area contributed by atoms with Crippen molar-refractivity contribution >= 4 is 0 Å². The quantitative estimate of drug-likeness (QED) is 0.823. The van der Waals surface area contributed by atoms with E-state index in [1.54, 1.807) is 7.11 Å². The Morgan fingerprint density at radius 3 is 2.47 bits per heavy atom. The summed E-state index contributed by atoms with van der Waals surface area (Å²) < 4.78 is 5.44. The lowest BCUT2D eigenvalue weighted by Gasteiger charge is -2.25. The first-order valence-electron chi connectivity index (χ1n) is 6.30. The van der Waals surface area contributed by atoms with Crippen LogP contribution in [-0.4, -0.2) is 24.2 Å². The molecule has 2 N–H and O–H groups in total. The highest BCUT2D eigenvalue weighted by Gasteiger charge is 2.21. The van der Waals surface area contributed by atoms with E-state index < -0.39 is 0 Å². The van der Waals surface area contributed by atoms with Crippen molar-refractivity contribution in [1.29, 1.82) is 0 Å². The van der Waals surface area contributed by atoms with E-state index in [0.717, 1.165) is 18.5 Å². The van der Waals surface area contributed by atoms with Gasteiger partial charge in [0.2, 0.25) is 0 Å². The van der Waals surface area contributed by atoms with Gasteiger partial charge >= 0.3 is 0 Å². The molecule has 0 aromatic carbocycles. The molecule has 1 heterocycles. The normalized spacial score (nSPS) is 14.9. The maximum Gasteiger partial charge on any atom is 0.0748 e. The number of ether oxygens (including phenoxy) is 1. The summed E-state index contributed by atoms with van der Waals surface area (Å²) in [5.74, 6) is 0.421. The van der Waals surface area contributed by atoms with E-state index in [-0.39, 0.29) is 12.1 Å². The monoisotopic (exact) mass is 236 g/mol. The largest absolute Gasteiger partial charge is 0.380 e. The molecule has 1 aromatic rings. The van der Waals surface area contributed by atoms with E-state index in [1.165, 1.54) is 5.56 Å². The van der Waals surface area contributed by atoms with Crippen molar-refractivity contribution in [2.75, 3.05) is 7.11 Å². The summed E-state index contributed by atoms with van der Waals surface area (Å²) >= 11 is 0. The Labute approximate surface area is 104 Å². The fourth-order valence-corrected chi connectivity index (χ4v) is 2.08. The van der Waals surface area contributed by atoms with Gasteiger partial charge in [-0.1, -0.05) is 26.8 Å². The minimum Gasteiger partial charge on any atom is -0.380 e. The van der Waals surface area contributed by atoms with E-state index in [1.807, 2.05) is 6.20 Å². The molecule has 0 aliphatic heterocycles. The molecular weight excluding hydrogens is 212 g/mol. The van der Waals surface area contributed by atoms with E-state index in [0.29, 0.717) is 5.92 Å². The molecule has 3 nitrogen and oxygen atoms in total. The lowest BCUT2D eigenvalue weighted by Crippen LogP contribution is -2.41. The Kier molecular flexibility index (Phi) is 5.59. The summed E-state index contributed by atoms with van der Waals surface area (Å²) in [6.45, 7) is 6.38. The van der Waals surface area contributed by atoms with Crippen LogP contribution in [-0.2, 0) is 17.6 Å². The number of rotatable bonds is 6. The van der Waals surface area contributed by atoms with Crippen LogP contribution in [0.3, 0.4) is 0 Å². The van der Waals surface area contributed by atoms with Crippen LogP contribution < -0.4 is 5.73 Å². The van der Waals surface area contributed by atoms with E-state index >= 15 is 0 Å². The summed E-state index contributed by atoms with van der Waals surface area (Å²) in [4.78, 5) is 4.43. The van der Waals surface area contributed by atoms with Crippen LogP contribution in [0.25, 0.3) is 0 Å². The minimum atomic E-state index is -0.0000217. The molecule has 0 saturated carbocycles. The molecule has 0 spiro atoms. The van der Waals surface area contributed by atoms with Gasteiger partial charge in [-0.05, 0) is 24.0 Å². The fourth-order valence-electron chi connectivity index (χ4n) is 2.08. The number of hydrogen-bond acceptors (Lipinski definition) is 3. The van der Waals surface area contributed by atoms with Crippen LogP contribution in [0.5, 0.6) is 0 Å². The minimum absolute atomic E-state index is 0.0000217. The number of aryl methyl sites for hydroxylation is 1. The summed E-state index contributed by atoms with van der Waals surface area (Å²) in [6, 6.07) is 4.18. The van der Waals surface area contributed by atoms with Crippen molar-refractivity contribution in [2.24, 2.45) is 11.7 Å². The van der Waals surface area contributed by atoms with Crippen LogP contribution in [0.1, 0.15) is 32.0 Å². The first-order valence-corrected chi connectivity index (χ1v) is 6.30. The SMILES string of the molecule is CCc1ccc(CC(N)C(OC)C(C)C)nc1. The van der Waals surface area contributed by atoms with E-state index in [9.17, 15) is 0 Å². The highest BCUT2D eigenvalue weighted by atomic mass is 16.5. The highest BCUT2D eigenvalue weighted by Crippen LogP contribution is 2.12. The molecule has 17 heavy (non-hydrogen) atoms. The standard InChI is InChI=1S/C14H24N2O/c1-5-11-6-7-12(16-9-11)8-13(15)14(17-4)10(2)3/h6-7,9-10,13-14H,5,8,15H2,1-4H3. The van der Waals surface area contributed by atoms with E-state index in [2.05, 4.69) is 37.9 Å². The zero-order chi connectivity index (χ0) is 12.8. The zero-order valence-corrected chi connectivity index (χ0v) is 11.3. The predicted molar refractivity (Wildman–Crippen MR) is 70.9 cm³/mol. The second-order valence-corrected chi connectivity index (χ2v) is 4.82. The lowest BCUT2D eigenvalue weighted by atomic mass is 9.96. The molecule has 0 aliphatic rings. The summed E-state index contributed by atoms with van der Waals surface area (Å²) in [7, 11) is 1.72. The molecule has 0 amide bonds. The van der Waals surface area contributed by atoms with Crippen LogP contribution >= 0.6 is 0 Å². The molecule has 0 fully saturated rings. The molecule has 2 unspecified atom stereocenters. The number of hydrogen-bond donors (Lipinski definition) is 1. The zero-order valence-electron chi connectivity index (χ0n) is 11.3. The Morgan fingerprint density at radius 1 is 1.35 bits per heavy atom. The van der Waals surface area contributed by atoms with Crippen molar-refractivity contribution in [3.8, 4) is 0 Å². The molecular formula is C14H24N2O. The maximum absolute atomic E-state index is 6.17. The molecule has 2 atom stereocenters. The van der Waals surface area contributed by atoms with Gasteiger partial charge < -0.3 is 10.5 Å². The third kappa shape index (κ3) is 4.10. The average Bonchev–Trinajstić information content (AvgIpc) is 2.30.